The number of halogens is 2. The predicted molar refractivity (Wildman–Crippen MR) is 72.9 cm³/mol. The van der Waals surface area contributed by atoms with Gasteiger partial charge in [0.1, 0.15) is 5.75 Å². The van der Waals surface area contributed by atoms with Crippen molar-refractivity contribution in [3.05, 3.63) is 18.2 Å². The molecule has 4 nitrogen and oxygen atoms in total. The van der Waals surface area contributed by atoms with Gasteiger partial charge in [0.15, 0.2) is 0 Å². The fraction of sp³-hybridized carbons (Fsp3) is 0.500. The highest BCUT2D eigenvalue weighted by Gasteiger charge is 2.37. The number of hydrogen-bond donors (Lipinski definition) is 2. The largest absolute Gasteiger partial charge is 0.497 e. The summed E-state index contributed by atoms with van der Waals surface area (Å²) < 4.78 is 31.1. The number of nitrogen functional groups attached to an aromatic ring is 1. The molecular weight excluding hydrogens is 266 g/mol. The SMILES string of the molecule is COc1ccc(NC(=O)C2CCC(F)(F)CC2)c(N)c1. The average Bonchev–Trinajstić information content (AvgIpc) is 2.40. The third kappa shape index (κ3) is 3.37. The quantitative estimate of drug-likeness (QED) is 0.838. The Kier molecular flexibility index (Phi) is 4.11. The van der Waals surface area contributed by atoms with E-state index in [9.17, 15) is 13.6 Å². The number of methoxy groups -OCH3 is 1. The molecule has 0 bridgehead atoms. The smallest absolute Gasteiger partial charge is 0.248 e. The molecule has 110 valence electrons. The van der Waals surface area contributed by atoms with Gasteiger partial charge in [-0.05, 0) is 25.0 Å². The number of benzene rings is 1. The van der Waals surface area contributed by atoms with Gasteiger partial charge < -0.3 is 15.8 Å². The van der Waals surface area contributed by atoms with Crippen LogP contribution < -0.4 is 15.8 Å². The Labute approximate surface area is 116 Å². The molecule has 0 aromatic heterocycles. The highest BCUT2D eigenvalue weighted by molar-refractivity contribution is 5.95. The first-order chi connectivity index (χ1) is 9.41. The fourth-order valence-electron chi connectivity index (χ4n) is 2.32. The zero-order valence-corrected chi connectivity index (χ0v) is 11.3. The van der Waals surface area contributed by atoms with Gasteiger partial charge in [0.05, 0.1) is 18.5 Å². The molecule has 0 heterocycles. The maximum absolute atomic E-state index is 13.1. The second-order valence-corrected chi connectivity index (χ2v) is 5.07. The first kappa shape index (κ1) is 14.6. The lowest BCUT2D eigenvalue weighted by molar-refractivity contribution is -0.124. The van der Waals surface area contributed by atoms with Gasteiger partial charge >= 0.3 is 0 Å². The summed E-state index contributed by atoms with van der Waals surface area (Å²) in [5.74, 6) is -2.66. The summed E-state index contributed by atoms with van der Waals surface area (Å²) in [4.78, 5) is 12.0. The lowest BCUT2D eigenvalue weighted by Gasteiger charge is -2.27. The summed E-state index contributed by atoms with van der Waals surface area (Å²) in [6.07, 6.45) is -0.0594. The minimum Gasteiger partial charge on any atom is -0.497 e. The highest BCUT2D eigenvalue weighted by Crippen LogP contribution is 2.36. The van der Waals surface area contributed by atoms with Gasteiger partial charge in [0.25, 0.3) is 0 Å². The molecule has 6 heteroatoms. The van der Waals surface area contributed by atoms with Crippen molar-refractivity contribution in [3.63, 3.8) is 0 Å². The number of nitrogens with one attached hydrogen (secondary N) is 1. The molecule has 3 N–H and O–H groups in total. The number of anilines is 2. The molecule has 0 aliphatic heterocycles. The zero-order chi connectivity index (χ0) is 14.8. The van der Waals surface area contributed by atoms with E-state index in [0.29, 0.717) is 17.1 Å². The first-order valence-electron chi connectivity index (χ1n) is 6.53. The molecule has 0 spiro atoms. The molecule has 1 aliphatic rings. The Morgan fingerprint density at radius 3 is 2.60 bits per heavy atom. The van der Waals surface area contributed by atoms with Crippen molar-refractivity contribution in [2.45, 2.75) is 31.6 Å². The average molecular weight is 284 g/mol. The minimum absolute atomic E-state index is 0.203. The van der Waals surface area contributed by atoms with Crippen molar-refractivity contribution < 1.29 is 18.3 Å². The predicted octanol–water partition coefficient (Wildman–Crippen LogP) is 3.04. The van der Waals surface area contributed by atoms with Gasteiger partial charge in [-0.25, -0.2) is 8.78 Å². The maximum atomic E-state index is 13.1. The van der Waals surface area contributed by atoms with E-state index in [1.54, 1.807) is 18.2 Å². The van der Waals surface area contributed by atoms with Crippen LogP contribution in [0.1, 0.15) is 25.7 Å². The number of carbonyl (C=O) groups is 1. The number of ether oxygens (including phenoxy) is 1. The van der Waals surface area contributed by atoms with Gasteiger partial charge in [-0.1, -0.05) is 0 Å². The van der Waals surface area contributed by atoms with Crippen molar-refractivity contribution in [3.8, 4) is 5.75 Å². The number of hydrogen-bond acceptors (Lipinski definition) is 3. The summed E-state index contributed by atoms with van der Waals surface area (Å²) in [5, 5.41) is 2.69. The number of rotatable bonds is 3. The summed E-state index contributed by atoms with van der Waals surface area (Å²) in [6, 6.07) is 4.93. The summed E-state index contributed by atoms with van der Waals surface area (Å²) >= 11 is 0. The Bertz CT molecular complexity index is 496. The number of alkyl halides is 2. The van der Waals surface area contributed by atoms with E-state index in [0.717, 1.165) is 0 Å². The van der Waals surface area contributed by atoms with Gasteiger partial charge in [0, 0.05) is 24.8 Å². The Balaban J connectivity index is 1.98. The minimum atomic E-state index is -2.63. The standard InChI is InChI=1S/C14H18F2N2O2/c1-20-10-2-3-12(11(17)8-10)18-13(19)9-4-6-14(15,16)7-5-9/h2-3,8-9H,4-7,17H2,1H3,(H,18,19). The molecule has 1 aromatic rings. The van der Waals surface area contributed by atoms with Crippen LogP contribution in [0.5, 0.6) is 5.75 Å². The van der Waals surface area contributed by atoms with Gasteiger partial charge in [-0.15, -0.1) is 0 Å². The molecule has 1 saturated carbocycles. The highest BCUT2D eigenvalue weighted by atomic mass is 19.3. The van der Waals surface area contributed by atoms with E-state index >= 15 is 0 Å². The molecule has 1 aromatic carbocycles. The molecule has 0 atom stereocenters. The molecule has 0 unspecified atom stereocenters. The topological polar surface area (TPSA) is 64.3 Å². The van der Waals surface area contributed by atoms with Crippen molar-refractivity contribution in [1.29, 1.82) is 0 Å². The van der Waals surface area contributed by atoms with E-state index in [4.69, 9.17) is 10.5 Å². The van der Waals surface area contributed by atoms with E-state index in [1.807, 2.05) is 0 Å². The molecule has 20 heavy (non-hydrogen) atoms. The Morgan fingerprint density at radius 2 is 2.05 bits per heavy atom. The second-order valence-electron chi connectivity index (χ2n) is 5.07. The summed E-state index contributed by atoms with van der Waals surface area (Å²) in [5.41, 5.74) is 6.67. The second kappa shape index (κ2) is 5.64. The number of amides is 1. The number of nitrogens with two attached hydrogens (primary N) is 1. The van der Waals surface area contributed by atoms with Crippen LogP contribution in [-0.4, -0.2) is 18.9 Å². The van der Waals surface area contributed by atoms with E-state index in [2.05, 4.69) is 5.32 Å². The van der Waals surface area contributed by atoms with E-state index < -0.39 is 5.92 Å². The van der Waals surface area contributed by atoms with E-state index in [1.165, 1.54) is 7.11 Å². The molecular formula is C14H18F2N2O2. The molecule has 1 amide bonds. The lowest BCUT2D eigenvalue weighted by Crippen LogP contribution is -2.31. The third-order valence-electron chi connectivity index (χ3n) is 3.60. The van der Waals surface area contributed by atoms with Crippen molar-refractivity contribution in [2.24, 2.45) is 5.92 Å². The van der Waals surface area contributed by atoms with Crippen molar-refractivity contribution in [2.75, 3.05) is 18.2 Å². The van der Waals surface area contributed by atoms with Crippen LogP contribution in [0.15, 0.2) is 18.2 Å². The molecule has 1 aliphatic carbocycles. The van der Waals surface area contributed by atoms with Crippen molar-refractivity contribution in [1.82, 2.24) is 0 Å². The monoisotopic (exact) mass is 284 g/mol. The third-order valence-corrected chi connectivity index (χ3v) is 3.60. The van der Waals surface area contributed by atoms with Crippen LogP contribution in [0, 0.1) is 5.92 Å². The molecule has 2 rings (SSSR count). The lowest BCUT2D eigenvalue weighted by atomic mass is 9.86. The van der Waals surface area contributed by atoms with Gasteiger partial charge in [-0.3, -0.25) is 4.79 Å². The van der Waals surface area contributed by atoms with Crippen LogP contribution in [-0.2, 0) is 4.79 Å². The maximum Gasteiger partial charge on any atom is 0.248 e. The summed E-state index contributed by atoms with van der Waals surface area (Å²) in [7, 11) is 1.52. The van der Waals surface area contributed by atoms with Gasteiger partial charge in [-0.2, -0.15) is 0 Å². The van der Waals surface area contributed by atoms with Gasteiger partial charge in [0.2, 0.25) is 11.8 Å². The Morgan fingerprint density at radius 1 is 1.40 bits per heavy atom. The van der Waals surface area contributed by atoms with E-state index in [-0.39, 0.29) is 37.5 Å². The molecule has 0 radical (unpaired) electrons. The fourth-order valence-corrected chi connectivity index (χ4v) is 2.32. The Hall–Kier alpha value is -1.85. The van der Waals surface area contributed by atoms with Crippen LogP contribution in [0.4, 0.5) is 20.2 Å². The van der Waals surface area contributed by atoms with Crippen LogP contribution in [0.3, 0.4) is 0 Å². The van der Waals surface area contributed by atoms with Crippen molar-refractivity contribution >= 4 is 17.3 Å². The summed E-state index contributed by atoms with van der Waals surface area (Å²) in [6.45, 7) is 0. The van der Waals surface area contributed by atoms with Crippen LogP contribution >= 0.6 is 0 Å². The number of carbonyl (C=O) groups excluding carboxylic acids is 1. The van der Waals surface area contributed by atoms with Crippen LogP contribution in [0.2, 0.25) is 0 Å². The normalized spacial score (nSPS) is 18.6. The zero-order valence-electron chi connectivity index (χ0n) is 11.3. The molecule has 0 saturated heterocycles. The first-order valence-corrected chi connectivity index (χ1v) is 6.53. The van der Waals surface area contributed by atoms with Crippen LogP contribution in [0.25, 0.3) is 0 Å². The molecule has 1 fully saturated rings.